The number of carbonyl (C=O) groups is 2. The molecule has 0 aliphatic carbocycles. The highest BCUT2D eigenvalue weighted by molar-refractivity contribution is 5.89. The van der Waals surface area contributed by atoms with Gasteiger partial charge in [-0.05, 0) is 26.3 Å². The molecule has 1 amide bonds. The molecule has 0 atom stereocenters. The van der Waals surface area contributed by atoms with E-state index in [1.54, 1.807) is 21.7 Å². The van der Waals surface area contributed by atoms with Gasteiger partial charge in [0.25, 0.3) is 0 Å². The Morgan fingerprint density at radius 1 is 1.28 bits per heavy atom. The second kappa shape index (κ2) is 6.23. The second-order valence-electron chi connectivity index (χ2n) is 4.03. The van der Waals surface area contributed by atoms with Crippen LogP contribution in [0.15, 0.2) is 12.3 Å². The van der Waals surface area contributed by atoms with Gasteiger partial charge in [-0.1, -0.05) is 6.92 Å². The van der Waals surface area contributed by atoms with Crippen molar-refractivity contribution in [3.05, 3.63) is 23.5 Å². The van der Waals surface area contributed by atoms with Gasteiger partial charge < -0.3 is 14.6 Å². The lowest BCUT2D eigenvalue weighted by Gasteiger charge is -2.19. The van der Waals surface area contributed by atoms with E-state index in [2.05, 4.69) is 0 Å². The summed E-state index contributed by atoms with van der Waals surface area (Å²) in [6, 6.07) is 1.55. The topological polar surface area (TPSA) is 62.5 Å². The summed E-state index contributed by atoms with van der Waals surface area (Å²) < 4.78 is 1.73. The molecular formula is C13H20N2O3. The molecule has 0 aromatic carbocycles. The van der Waals surface area contributed by atoms with E-state index in [0.717, 1.165) is 0 Å². The third-order valence-corrected chi connectivity index (χ3v) is 3.07. The van der Waals surface area contributed by atoms with Crippen LogP contribution in [0.5, 0.6) is 0 Å². The zero-order valence-electron chi connectivity index (χ0n) is 11.1. The van der Waals surface area contributed by atoms with E-state index >= 15 is 0 Å². The lowest BCUT2D eigenvalue weighted by molar-refractivity contribution is -0.131. The van der Waals surface area contributed by atoms with Gasteiger partial charge in [-0.15, -0.1) is 0 Å². The lowest BCUT2D eigenvalue weighted by Crippen LogP contribution is -2.33. The van der Waals surface area contributed by atoms with E-state index in [1.807, 2.05) is 20.8 Å². The summed E-state index contributed by atoms with van der Waals surface area (Å²) in [5, 5.41) is 9.04. The third kappa shape index (κ3) is 2.91. The maximum Gasteiger partial charge on any atom is 0.337 e. The molecule has 5 heteroatoms. The first-order valence-electron chi connectivity index (χ1n) is 6.24. The van der Waals surface area contributed by atoms with E-state index in [1.165, 1.54) is 0 Å². The van der Waals surface area contributed by atoms with Gasteiger partial charge in [0, 0.05) is 25.0 Å². The summed E-state index contributed by atoms with van der Waals surface area (Å²) in [6.45, 7) is 7.30. The molecule has 5 nitrogen and oxygen atoms in total. The van der Waals surface area contributed by atoms with Crippen molar-refractivity contribution in [3.8, 4) is 0 Å². The first-order chi connectivity index (χ1) is 8.54. The number of carbonyl (C=O) groups excluding carboxylic acids is 1. The summed E-state index contributed by atoms with van der Waals surface area (Å²) in [6.07, 6.45) is 2.27. The maximum atomic E-state index is 12.0. The molecule has 0 unspecified atom stereocenters. The summed E-state index contributed by atoms with van der Waals surface area (Å²) in [5.74, 6) is -0.928. The van der Waals surface area contributed by atoms with Gasteiger partial charge in [-0.2, -0.15) is 0 Å². The lowest BCUT2D eigenvalue weighted by atomic mass is 10.2. The van der Waals surface area contributed by atoms with Crippen LogP contribution in [0.3, 0.4) is 0 Å². The fraction of sp³-hybridized carbons (Fsp3) is 0.538. The Morgan fingerprint density at radius 3 is 2.33 bits per heavy atom. The molecular weight excluding hydrogens is 232 g/mol. The minimum atomic E-state index is -0.944. The molecule has 0 radical (unpaired) electrons. The molecule has 1 aromatic heterocycles. The summed E-state index contributed by atoms with van der Waals surface area (Å²) in [4.78, 5) is 24.7. The van der Waals surface area contributed by atoms with Gasteiger partial charge in [0.2, 0.25) is 5.91 Å². The van der Waals surface area contributed by atoms with Crippen molar-refractivity contribution in [2.45, 2.75) is 33.7 Å². The number of hydrogen-bond acceptors (Lipinski definition) is 2. The minimum absolute atomic E-state index is 0.0160. The van der Waals surface area contributed by atoms with Gasteiger partial charge in [0.1, 0.15) is 6.54 Å². The number of carboxylic acids is 1. The molecule has 1 rings (SSSR count). The minimum Gasteiger partial charge on any atom is -0.478 e. The van der Waals surface area contributed by atoms with Crippen LogP contribution in [-0.4, -0.2) is 39.5 Å². The Hall–Kier alpha value is -1.78. The van der Waals surface area contributed by atoms with Crippen molar-refractivity contribution in [2.24, 2.45) is 0 Å². The summed E-state index contributed by atoms with van der Waals surface area (Å²) >= 11 is 0. The van der Waals surface area contributed by atoms with Gasteiger partial charge in [-0.25, -0.2) is 4.79 Å². The van der Waals surface area contributed by atoms with Gasteiger partial charge in [0.05, 0.1) is 5.56 Å². The van der Waals surface area contributed by atoms with Crippen LogP contribution >= 0.6 is 0 Å². The Kier molecular flexibility index (Phi) is 4.95. The number of amides is 1. The SMILES string of the molecule is CCc1c(C(=O)O)ccn1CC(=O)N(CC)CC. The number of nitrogens with zero attached hydrogens (tertiary/aromatic N) is 2. The Balaban J connectivity index is 2.91. The standard InChI is InChI=1S/C13H20N2O3/c1-4-11-10(13(17)18)7-8-15(11)9-12(16)14(5-2)6-3/h7-8H,4-6,9H2,1-3H3,(H,17,18). The van der Waals surface area contributed by atoms with Crippen LogP contribution in [0, 0.1) is 0 Å². The maximum absolute atomic E-state index is 12.0. The second-order valence-corrected chi connectivity index (χ2v) is 4.03. The predicted molar refractivity (Wildman–Crippen MR) is 68.7 cm³/mol. The first-order valence-corrected chi connectivity index (χ1v) is 6.24. The molecule has 1 heterocycles. The quantitative estimate of drug-likeness (QED) is 0.836. The van der Waals surface area contributed by atoms with Crippen LogP contribution in [0.25, 0.3) is 0 Å². The number of aromatic carboxylic acids is 1. The number of rotatable bonds is 6. The van der Waals surface area contributed by atoms with Crippen molar-refractivity contribution in [2.75, 3.05) is 13.1 Å². The van der Waals surface area contributed by atoms with E-state index in [4.69, 9.17) is 5.11 Å². The number of hydrogen-bond donors (Lipinski definition) is 1. The monoisotopic (exact) mass is 252 g/mol. The molecule has 100 valence electrons. The largest absolute Gasteiger partial charge is 0.478 e. The van der Waals surface area contributed by atoms with Crippen LogP contribution in [0.2, 0.25) is 0 Å². The molecule has 1 aromatic rings. The van der Waals surface area contributed by atoms with E-state index in [-0.39, 0.29) is 18.0 Å². The molecule has 0 aliphatic rings. The molecule has 0 fully saturated rings. The summed E-state index contributed by atoms with van der Waals surface area (Å²) in [5.41, 5.74) is 0.979. The zero-order valence-corrected chi connectivity index (χ0v) is 11.1. The van der Waals surface area contributed by atoms with Crippen molar-refractivity contribution in [3.63, 3.8) is 0 Å². The average molecular weight is 252 g/mol. The molecule has 0 bridgehead atoms. The van der Waals surface area contributed by atoms with Gasteiger partial charge >= 0.3 is 5.97 Å². The number of carboxylic acid groups (broad SMARTS) is 1. The fourth-order valence-corrected chi connectivity index (χ4v) is 2.06. The normalized spacial score (nSPS) is 10.4. The average Bonchev–Trinajstić information content (AvgIpc) is 2.73. The Morgan fingerprint density at radius 2 is 1.89 bits per heavy atom. The van der Waals surface area contributed by atoms with Crippen LogP contribution in [0.4, 0.5) is 0 Å². The third-order valence-electron chi connectivity index (χ3n) is 3.07. The smallest absolute Gasteiger partial charge is 0.337 e. The molecule has 0 saturated carbocycles. The highest BCUT2D eigenvalue weighted by Gasteiger charge is 2.16. The highest BCUT2D eigenvalue weighted by atomic mass is 16.4. The molecule has 1 N–H and O–H groups in total. The van der Waals surface area contributed by atoms with E-state index in [9.17, 15) is 9.59 Å². The van der Waals surface area contributed by atoms with Crippen LogP contribution in [0.1, 0.15) is 36.8 Å². The van der Waals surface area contributed by atoms with Gasteiger partial charge in [0.15, 0.2) is 0 Å². The molecule has 0 aliphatic heterocycles. The van der Waals surface area contributed by atoms with Crippen LogP contribution < -0.4 is 0 Å². The highest BCUT2D eigenvalue weighted by Crippen LogP contribution is 2.12. The van der Waals surface area contributed by atoms with Crippen molar-refractivity contribution >= 4 is 11.9 Å². The van der Waals surface area contributed by atoms with Crippen LogP contribution in [-0.2, 0) is 17.8 Å². The van der Waals surface area contributed by atoms with E-state index in [0.29, 0.717) is 25.2 Å². The van der Waals surface area contributed by atoms with Crippen molar-refractivity contribution < 1.29 is 14.7 Å². The molecule has 18 heavy (non-hydrogen) atoms. The summed E-state index contributed by atoms with van der Waals surface area (Å²) in [7, 11) is 0. The molecule has 0 spiro atoms. The van der Waals surface area contributed by atoms with E-state index < -0.39 is 5.97 Å². The molecule has 0 saturated heterocycles. The first kappa shape index (κ1) is 14.3. The number of likely N-dealkylation sites (N-methyl/N-ethyl adjacent to an activating group) is 1. The zero-order chi connectivity index (χ0) is 13.7. The predicted octanol–water partition coefficient (Wildman–Crippen LogP) is 1.62. The Labute approximate surface area is 107 Å². The van der Waals surface area contributed by atoms with Crippen molar-refractivity contribution in [1.82, 2.24) is 9.47 Å². The number of aromatic nitrogens is 1. The van der Waals surface area contributed by atoms with Gasteiger partial charge in [-0.3, -0.25) is 4.79 Å². The fourth-order valence-electron chi connectivity index (χ4n) is 2.06. The Bertz CT molecular complexity index is 433. The van der Waals surface area contributed by atoms with Crippen molar-refractivity contribution in [1.29, 1.82) is 0 Å².